The van der Waals surface area contributed by atoms with Gasteiger partial charge in [-0.25, -0.2) is 9.69 Å². The monoisotopic (exact) mass is 879 g/mol. The summed E-state index contributed by atoms with van der Waals surface area (Å²) in [5.74, 6) is 2.41. The maximum atomic E-state index is 16.2. The molecule has 2 saturated heterocycles. The Bertz CT molecular complexity index is 2550. The Morgan fingerprint density at radius 3 is 2.14 bits per heavy atom. The molecular weight excluding hydrogens is 831 g/mol. The standard InChI is InChI=1S/C51H49N3O11/c1-62-29-30-64-50(61)53-40-25-20-33(13-11-12-26-55)31-39(40)51(49(53)60)42(47(58)52-32-41(57)34-14-5-2-6-15-34)44-48(59)65-45(36-18-9-4-10-19-36)43(35-16-7-3-8-17-35)54(44)46(51)37-21-23-38(24-22-37)63-28-27-56/h2-10,14-25,31,41-46,55-57H,12,26-30,32H2,1H3,(H,52,58)/t41-,42+,43+,44+,45-,46-,51+/m0/s1. The molecule has 14 heteroatoms. The third-order valence-electron chi connectivity index (χ3n) is 12.1. The predicted molar refractivity (Wildman–Crippen MR) is 237 cm³/mol. The number of hydrogen-bond donors (Lipinski definition) is 4. The van der Waals surface area contributed by atoms with E-state index < -0.39 is 65.5 Å². The van der Waals surface area contributed by atoms with Gasteiger partial charge in [0.2, 0.25) is 11.8 Å². The van der Waals surface area contributed by atoms with E-state index in [1.54, 1.807) is 72.8 Å². The summed E-state index contributed by atoms with van der Waals surface area (Å²) in [6, 6.07) is 35.6. The number of benzene rings is 5. The summed E-state index contributed by atoms with van der Waals surface area (Å²) < 4.78 is 23.0. The molecule has 334 valence electrons. The van der Waals surface area contributed by atoms with Crippen molar-refractivity contribution >= 4 is 29.6 Å². The molecule has 3 aliphatic rings. The second-order valence-corrected chi connectivity index (χ2v) is 15.8. The topological polar surface area (TPSA) is 184 Å². The van der Waals surface area contributed by atoms with Gasteiger partial charge in [-0.3, -0.25) is 19.3 Å². The molecule has 3 aliphatic heterocycles. The first kappa shape index (κ1) is 44.7. The van der Waals surface area contributed by atoms with Gasteiger partial charge in [-0.2, -0.15) is 0 Å². The lowest BCUT2D eigenvalue weighted by Crippen LogP contribution is -2.56. The van der Waals surface area contributed by atoms with Crippen LogP contribution in [0.2, 0.25) is 0 Å². The van der Waals surface area contributed by atoms with Crippen LogP contribution in [-0.4, -0.2) is 96.8 Å². The summed E-state index contributed by atoms with van der Waals surface area (Å²) in [7, 11) is 1.45. The molecule has 5 aromatic carbocycles. The summed E-state index contributed by atoms with van der Waals surface area (Å²) in [5.41, 5.74) is 1.05. The third kappa shape index (κ3) is 8.48. The number of methoxy groups -OCH3 is 1. The van der Waals surface area contributed by atoms with Gasteiger partial charge in [0.25, 0.3) is 0 Å². The lowest BCUT2D eigenvalue weighted by Gasteiger charge is -2.46. The SMILES string of the molecule is COCCOC(=O)N1C(=O)[C@@]2(c3cc(C#CCCO)ccc31)[C@H](c1ccc(OCCO)cc1)N1[C@H](c3ccccc3)[C@H](c3ccccc3)OC(=O)[C@H]1[C@@H]2C(=O)NC[C@H](O)c1ccccc1. The first-order valence-corrected chi connectivity index (χ1v) is 21.4. The van der Waals surface area contributed by atoms with Crippen molar-refractivity contribution in [1.82, 2.24) is 10.2 Å². The smallest absolute Gasteiger partial charge is 0.421 e. The highest BCUT2D eigenvalue weighted by Gasteiger charge is 2.75. The molecule has 0 bridgehead atoms. The molecule has 0 aromatic heterocycles. The molecule has 4 N–H and O–H groups in total. The van der Waals surface area contributed by atoms with Crippen molar-refractivity contribution < 1.29 is 53.4 Å². The lowest BCUT2D eigenvalue weighted by molar-refractivity contribution is -0.178. The molecule has 3 heterocycles. The molecule has 3 amide bonds. The van der Waals surface area contributed by atoms with Crippen LogP contribution in [0.4, 0.5) is 10.5 Å². The van der Waals surface area contributed by atoms with Gasteiger partial charge in [-0.15, -0.1) is 0 Å². The maximum absolute atomic E-state index is 16.2. The summed E-state index contributed by atoms with van der Waals surface area (Å²) in [5, 5.41) is 33.4. The van der Waals surface area contributed by atoms with Gasteiger partial charge < -0.3 is 39.6 Å². The third-order valence-corrected chi connectivity index (χ3v) is 12.1. The van der Waals surface area contributed by atoms with Gasteiger partial charge in [0.1, 0.15) is 36.5 Å². The second kappa shape index (κ2) is 19.9. The van der Waals surface area contributed by atoms with E-state index in [-0.39, 0.29) is 57.3 Å². The summed E-state index contributed by atoms with van der Waals surface area (Å²) in [4.78, 5) is 64.2. The maximum Gasteiger partial charge on any atom is 0.421 e. The van der Waals surface area contributed by atoms with E-state index in [2.05, 4.69) is 17.2 Å². The quantitative estimate of drug-likeness (QED) is 0.0660. The van der Waals surface area contributed by atoms with Gasteiger partial charge in [-0.05, 0) is 58.1 Å². The zero-order chi connectivity index (χ0) is 45.5. The fourth-order valence-electron chi connectivity index (χ4n) is 9.47. The summed E-state index contributed by atoms with van der Waals surface area (Å²) in [6.45, 7) is -0.849. The predicted octanol–water partition coefficient (Wildman–Crippen LogP) is 5.09. The van der Waals surface area contributed by atoms with Crippen molar-refractivity contribution in [3.8, 4) is 17.6 Å². The Labute approximate surface area is 376 Å². The molecule has 1 spiro atoms. The fourth-order valence-corrected chi connectivity index (χ4v) is 9.47. The number of cyclic esters (lactones) is 1. The zero-order valence-electron chi connectivity index (χ0n) is 35.6. The van der Waals surface area contributed by atoms with E-state index in [9.17, 15) is 20.1 Å². The Hall–Kier alpha value is -6.86. The van der Waals surface area contributed by atoms with E-state index in [1.807, 2.05) is 65.6 Å². The van der Waals surface area contributed by atoms with Crippen LogP contribution in [-0.2, 0) is 34.0 Å². The van der Waals surface area contributed by atoms with Gasteiger partial charge in [0.15, 0.2) is 0 Å². The molecule has 0 unspecified atom stereocenters. The molecular formula is C51H49N3O11. The first-order valence-electron chi connectivity index (χ1n) is 21.4. The number of nitrogens with one attached hydrogen (secondary N) is 1. The number of anilines is 1. The van der Waals surface area contributed by atoms with Gasteiger partial charge in [-0.1, -0.05) is 115 Å². The fraction of sp³-hybridized carbons (Fsp3) is 0.294. The van der Waals surface area contributed by atoms with Crippen molar-refractivity contribution in [2.45, 2.75) is 42.2 Å². The molecule has 0 saturated carbocycles. The van der Waals surface area contributed by atoms with E-state index in [0.29, 0.717) is 33.6 Å². The molecule has 8 rings (SSSR count). The van der Waals surface area contributed by atoms with Crippen LogP contribution in [0.5, 0.6) is 5.75 Å². The lowest BCUT2D eigenvalue weighted by atomic mass is 9.65. The van der Waals surface area contributed by atoms with E-state index >= 15 is 14.4 Å². The van der Waals surface area contributed by atoms with Crippen molar-refractivity contribution in [1.29, 1.82) is 0 Å². The largest absolute Gasteiger partial charge is 0.491 e. The Morgan fingerprint density at radius 2 is 1.48 bits per heavy atom. The minimum absolute atomic E-state index is 0.0186. The number of imide groups is 1. The highest BCUT2D eigenvalue weighted by atomic mass is 16.6. The Morgan fingerprint density at radius 1 is 0.800 bits per heavy atom. The number of carbonyl (C=O) groups is 4. The van der Waals surface area contributed by atoms with Crippen LogP contribution in [0, 0.1) is 17.8 Å². The Balaban J connectivity index is 1.42. The van der Waals surface area contributed by atoms with Crippen molar-refractivity contribution in [3.05, 3.63) is 167 Å². The van der Waals surface area contributed by atoms with Crippen molar-refractivity contribution in [2.75, 3.05) is 51.6 Å². The minimum atomic E-state index is -2.10. The van der Waals surface area contributed by atoms with Crippen LogP contribution < -0.4 is 15.0 Å². The van der Waals surface area contributed by atoms with Crippen molar-refractivity contribution in [2.24, 2.45) is 5.92 Å². The molecule has 14 nitrogen and oxygen atoms in total. The summed E-state index contributed by atoms with van der Waals surface area (Å²) >= 11 is 0. The normalized spacial score (nSPS) is 22.6. The molecule has 0 aliphatic carbocycles. The van der Waals surface area contributed by atoms with Crippen LogP contribution >= 0.6 is 0 Å². The molecule has 0 radical (unpaired) electrons. The first-order chi connectivity index (χ1) is 31.7. The number of ether oxygens (including phenoxy) is 4. The van der Waals surface area contributed by atoms with Gasteiger partial charge in [0, 0.05) is 25.6 Å². The number of fused-ring (bicyclic) bond motifs is 3. The molecule has 65 heavy (non-hydrogen) atoms. The number of morpholine rings is 1. The average molecular weight is 880 g/mol. The number of carbonyl (C=O) groups excluding carboxylic acids is 4. The van der Waals surface area contributed by atoms with E-state index in [4.69, 9.17) is 18.9 Å². The van der Waals surface area contributed by atoms with Crippen molar-refractivity contribution in [3.63, 3.8) is 0 Å². The van der Waals surface area contributed by atoms with Crippen LogP contribution in [0.3, 0.4) is 0 Å². The molecule has 5 aromatic rings. The number of amides is 3. The summed E-state index contributed by atoms with van der Waals surface area (Å²) in [6.07, 6.45) is -2.98. The molecule has 2 fully saturated rings. The van der Waals surface area contributed by atoms with E-state index in [1.165, 1.54) is 7.11 Å². The zero-order valence-corrected chi connectivity index (χ0v) is 35.6. The van der Waals surface area contributed by atoms with Gasteiger partial charge in [0.05, 0.1) is 49.6 Å². The van der Waals surface area contributed by atoms with Crippen LogP contribution in [0.15, 0.2) is 133 Å². The number of hydrogen-bond acceptors (Lipinski definition) is 12. The Kier molecular flexibility index (Phi) is 13.7. The van der Waals surface area contributed by atoms with E-state index in [0.717, 1.165) is 4.90 Å². The van der Waals surface area contributed by atoms with Crippen LogP contribution in [0.1, 0.15) is 64.1 Å². The number of nitrogens with zero attached hydrogens (tertiary/aromatic N) is 2. The number of esters is 1. The molecule has 7 atom stereocenters. The highest BCUT2D eigenvalue weighted by Crippen LogP contribution is 2.66. The number of rotatable bonds is 14. The average Bonchev–Trinajstić information content (AvgIpc) is 3.80. The number of aliphatic hydroxyl groups is 3. The second-order valence-electron chi connectivity index (χ2n) is 15.8. The minimum Gasteiger partial charge on any atom is -0.491 e. The van der Waals surface area contributed by atoms with Gasteiger partial charge >= 0.3 is 12.1 Å². The highest BCUT2D eigenvalue weighted by molar-refractivity contribution is 6.23. The van der Waals surface area contributed by atoms with Crippen LogP contribution in [0.25, 0.3) is 0 Å². The number of aliphatic hydroxyl groups excluding tert-OH is 3.